The number of benzene rings is 2. The van der Waals surface area contributed by atoms with Crippen molar-refractivity contribution < 1.29 is 22.4 Å². The van der Waals surface area contributed by atoms with Gasteiger partial charge in [0.05, 0.1) is 28.3 Å². The van der Waals surface area contributed by atoms with E-state index in [1.165, 1.54) is 30.5 Å². The fraction of sp³-hybridized carbons (Fsp3) is 0.100. The molecule has 3 N–H and O–H groups in total. The predicted octanol–water partition coefficient (Wildman–Crippen LogP) is 2.79. The molecule has 10 heteroatoms. The normalized spacial score (nSPS) is 11.1. The number of sulfonamides is 1. The molecule has 0 bridgehead atoms. The monoisotopic (exact) mass is 447 g/mol. The SMILES string of the molecule is Cc1ccc(S(=O)(=O)NCc2ccco2)cc1C(=O)NNC(=O)c1ccccc1Cl. The third kappa shape index (κ3) is 5.07. The van der Waals surface area contributed by atoms with Crippen molar-refractivity contribution in [2.75, 3.05) is 0 Å². The number of hydrazine groups is 1. The van der Waals surface area contributed by atoms with Crippen LogP contribution in [0, 0.1) is 6.92 Å². The number of furan rings is 1. The van der Waals surface area contributed by atoms with Crippen molar-refractivity contribution in [1.29, 1.82) is 0 Å². The molecule has 3 aromatic rings. The highest BCUT2D eigenvalue weighted by Gasteiger charge is 2.19. The zero-order valence-electron chi connectivity index (χ0n) is 15.8. The van der Waals surface area contributed by atoms with Crippen LogP contribution >= 0.6 is 11.6 Å². The van der Waals surface area contributed by atoms with Gasteiger partial charge in [-0.3, -0.25) is 20.4 Å². The van der Waals surface area contributed by atoms with Gasteiger partial charge in [-0.2, -0.15) is 0 Å². The van der Waals surface area contributed by atoms with E-state index in [0.29, 0.717) is 11.3 Å². The summed E-state index contributed by atoms with van der Waals surface area (Å²) in [4.78, 5) is 24.6. The number of carbonyl (C=O) groups excluding carboxylic acids is 2. The van der Waals surface area contributed by atoms with Crippen LogP contribution < -0.4 is 15.6 Å². The maximum atomic E-state index is 12.5. The second-order valence-corrected chi connectivity index (χ2v) is 8.44. The summed E-state index contributed by atoms with van der Waals surface area (Å²) >= 11 is 5.96. The lowest BCUT2D eigenvalue weighted by Gasteiger charge is -2.12. The van der Waals surface area contributed by atoms with E-state index >= 15 is 0 Å². The molecule has 0 atom stereocenters. The molecule has 0 saturated carbocycles. The first-order chi connectivity index (χ1) is 14.3. The molecule has 1 heterocycles. The van der Waals surface area contributed by atoms with Crippen molar-refractivity contribution in [1.82, 2.24) is 15.6 Å². The summed E-state index contributed by atoms with van der Waals surface area (Å²) in [5, 5.41) is 0.233. The number of carbonyl (C=O) groups is 2. The molecule has 30 heavy (non-hydrogen) atoms. The van der Waals surface area contributed by atoms with Crippen molar-refractivity contribution in [3.8, 4) is 0 Å². The maximum absolute atomic E-state index is 12.5. The van der Waals surface area contributed by atoms with E-state index in [2.05, 4.69) is 15.6 Å². The molecule has 1 aromatic heterocycles. The minimum Gasteiger partial charge on any atom is -0.468 e. The van der Waals surface area contributed by atoms with E-state index in [1.54, 1.807) is 37.3 Å². The zero-order chi connectivity index (χ0) is 21.7. The largest absolute Gasteiger partial charge is 0.468 e. The van der Waals surface area contributed by atoms with E-state index in [9.17, 15) is 18.0 Å². The van der Waals surface area contributed by atoms with Crippen LogP contribution in [0.2, 0.25) is 5.02 Å². The van der Waals surface area contributed by atoms with Crippen molar-refractivity contribution in [2.45, 2.75) is 18.4 Å². The standard InChI is InChI=1S/C20H18ClN3O5S/c1-13-8-9-15(30(27,28)22-12-14-5-4-10-29-14)11-17(13)20(26)24-23-19(25)16-6-2-3-7-18(16)21/h2-11,22H,12H2,1H3,(H,23,25)(H,24,26). The smallest absolute Gasteiger partial charge is 0.271 e. The molecule has 0 aliphatic rings. The lowest BCUT2D eigenvalue weighted by atomic mass is 10.1. The summed E-state index contributed by atoms with van der Waals surface area (Å²) in [5.41, 5.74) is 5.35. The number of hydrogen-bond acceptors (Lipinski definition) is 5. The van der Waals surface area contributed by atoms with Gasteiger partial charge in [0.25, 0.3) is 11.8 Å². The van der Waals surface area contributed by atoms with Gasteiger partial charge in [-0.15, -0.1) is 0 Å². The first-order valence-electron chi connectivity index (χ1n) is 8.76. The van der Waals surface area contributed by atoms with Crippen LogP contribution in [0.15, 0.2) is 70.2 Å². The zero-order valence-corrected chi connectivity index (χ0v) is 17.4. The molecule has 0 aliphatic heterocycles. The molecule has 0 radical (unpaired) electrons. The third-order valence-corrected chi connectivity index (χ3v) is 5.92. The van der Waals surface area contributed by atoms with Gasteiger partial charge < -0.3 is 4.42 Å². The van der Waals surface area contributed by atoms with Gasteiger partial charge in [-0.1, -0.05) is 29.8 Å². The Morgan fingerprint density at radius 1 is 0.967 bits per heavy atom. The minimum atomic E-state index is -3.88. The number of hydrogen-bond donors (Lipinski definition) is 3. The van der Waals surface area contributed by atoms with E-state index < -0.39 is 21.8 Å². The van der Waals surface area contributed by atoms with Gasteiger partial charge >= 0.3 is 0 Å². The molecule has 0 saturated heterocycles. The Bertz CT molecular complexity index is 1180. The van der Waals surface area contributed by atoms with Crippen molar-refractivity contribution in [3.05, 3.63) is 88.3 Å². The second kappa shape index (κ2) is 9.12. The van der Waals surface area contributed by atoms with Crippen molar-refractivity contribution in [2.24, 2.45) is 0 Å². The molecular weight excluding hydrogens is 430 g/mol. The first-order valence-corrected chi connectivity index (χ1v) is 10.6. The van der Waals surface area contributed by atoms with Crippen LogP contribution in [0.25, 0.3) is 0 Å². The number of amides is 2. The van der Waals surface area contributed by atoms with Gasteiger partial charge in [0.1, 0.15) is 5.76 Å². The summed E-state index contributed by atoms with van der Waals surface area (Å²) in [6.45, 7) is 1.62. The molecule has 156 valence electrons. The van der Waals surface area contributed by atoms with Crippen LogP contribution in [-0.2, 0) is 16.6 Å². The van der Waals surface area contributed by atoms with Gasteiger partial charge in [-0.25, -0.2) is 13.1 Å². The van der Waals surface area contributed by atoms with Crippen LogP contribution in [0.1, 0.15) is 32.0 Å². The van der Waals surface area contributed by atoms with Crippen LogP contribution in [0.5, 0.6) is 0 Å². The minimum absolute atomic E-state index is 0.0291. The van der Waals surface area contributed by atoms with Crippen LogP contribution in [0.4, 0.5) is 0 Å². The summed E-state index contributed by atoms with van der Waals surface area (Å²) in [7, 11) is -3.88. The molecular formula is C20H18ClN3O5S. The fourth-order valence-corrected chi connectivity index (χ4v) is 3.81. The predicted molar refractivity (Wildman–Crippen MR) is 110 cm³/mol. The molecule has 2 aromatic carbocycles. The fourth-order valence-electron chi connectivity index (χ4n) is 2.57. The first kappa shape index (κ1) is 21.6. The van der Waals surface area contributed by atoms with Gasteiger partial charge in [-0.05, 0) is 48.9 Å². The molecule has 3 rings (SSSR count). The number of nitrogens with one attached hydrogen (secondary N) is 3. The quantitative estimate of drug-likeness (QED) is 0.502. The van der Waals surface area contributed by atoms with Gasteiger partial charge in [0, 0.05) is 5.56 Å². The Kier molecular flexibility index (Phi) is 6.56. The molecule has 0 fully saturated rings. The number of aryl methyl sites for hydroxylation is 1. The van der Waals surface area contributed by atoms with Gasteiger partial charge in [0.2, 0.25) is 10.0 Å². The third-order valence-electron chi connectivity index (χ3n) is 4.19. The molecule has 0 spiro atoms. The Morgan fingerprint density at radius 2 is 1.67 bits per heavy atom. The Morgan fingerprint density at radius 3 is 2.33 bits per heavy atom. The van der Waals surface area contributed by atoms with E-state index in [0.717, 1.165) is 0 Å². The summed E-state index contributed by atoms with van der Waals surface area (Å²) < 4.78 is 32.6. The lowest BCUT2D eigenvalue weighted by molar-refractivity contribution is 0.0846. The van der Waals surface area contributed by atoms with E-state index in [-0.39, 0.29) is 27.6 Å². The summed E-state index contributed by atoms with van der Waals surface area (Å²) in [5.74, 6) is -0.822. The Labute approximate surface area is 178 Å². The van der Waals surface area contributed by atoms with Crippen molar-refractivity contribution in [3.63, 3.8) is 0 Å². The molecule has 2 amide bonds. The van der Waals surface area contributed by atoms with Gasteiger partial charge in [0.15, 0.2) is 0 Å². The van der Waals surface area contributed by atoms with Crippen molar-refractivity contribution >= 4 is 33.4 Å². The van der Waals surface area contributed by atoms with Crippen LogP contribution in [-0.4, -0.2) is 20.2 Å². The number of rotatable bonds is 6. The Balaban J connectivity index is 1.71. The highest BCUT2D eigenvalue weighted by molar-refractivity contribution is 7.89. The topological polar surface area (TPSA) is 118 Å². The highest BCUT2D eigenvalue weighted by Crippen LogP contribution is 2.17. The summed E-state index contributed by atoms with van der Waals surface area (Å²) in [6, 6.07) is 13.8. The second-order valence-electron chi connectivity index (χ2n) is 6.27. The summed E-state index contributed by atoms with van der Waals surface area (Å²) in [6.07, 6.45) is 1.44. The maximum Gasteiger partial charge on any atom is 0.271 e. The van der Waals surface area contributed by atoms with E-state index in [4.69, 9.17) is 16.0 Å². The molecule has 0 unspecified atom stereocenters. The lowest BCUT2D eigenvalue weighted by Crippen LogP contribution is -2.42. The highest BCUT2D eigenvalue weighted by atomic mass is 35.5. The van der Waals surface area contributed by atoms with E-state index in [1.807, 2.05) is 0 Å². The number of halogens is 1. The molecule has 0 aliphatic carbocycles. The Hall–Kier alpha value is -3.14. The average Bonchev–Trinajstić information content (AvgIpc) is 3.24. The molecule has 8 nitrogen and oxygen atoms in total. The average molecular weight is 448 g/mol. The van der Waals surface area contributed by atoms with Crippen LogP contribution in [0.3, 0.4) is 0 Å².